The van der Waals surface area contributed by atoms with Gasteiger partial charge in [0.2, 0.25) is 0 Å². The second kappa shape index (κ2) is 5.38. The molecule has 24 heavy (non-hydrogen) atoms. The number of aryl methyl sites for hydroxylation is 1. The molecule has 0 unspecified atom stereocenters. The number of aromatic nitrogens is 3. The fourth-order valence-electron chi connectivity index (χ4n) is 3.68. The van der Waals surface area contributed by atoms with E-state index >= 15 is 0 Å². The first-order chi connectivity index (χ1) is 11.4. The van der Waals surface area contributed by atoms with E-state index in [1.54, 1.807) is 0 Å². The standard InChI is InChI=1S/C16H22N4O4/c1-8-5-20(14-10(8)13(17-4)18-7-19-14)15-12-11(9(6-21)22-15)23-16(2,3)24-12/h5,7,9,11-12,15,21H,6H2,1-4H3,(H,17,18,19)/t9-,11-,12-,15-/m1/s1. The van der Waals surface area contributed by atoms with Crippen molar-refractivity contribution in [1.29, 1.82) is 0 Å². The number of nitrogens with one attached hydrogen (secondary N) is 1. The monoisotopic (exact) mass is 334 g/mol. The Hall–Kier alpha value is -1.74. The van der Waals surface area contributed by atoms with Gasteiger partial charge in [0.15, 0.2) is 12.0 Å². The number of aliphatic hydroxyl groups is 1. The van der Waals surface area contributed by atoms with Gasteiger partial charge in [-0.05, 0) is 26.3 Å². The van der Waals surface area contributed by atoms with Gasteiger partial charge in [0, 0.05) is 13.2 Å². The Labute approximate surface area is 139 Å². The highest BCUT2D eigenvalue weighted by Gasteiger charge is 2.55. The van der Waals surface area contributed by atoms with Crippen LogP contribution in [0.5, 0.6) is 0 Å². The van der Waals surface area contributed by atoms with Crippen LogP contribution in [0.2, 0.25) is 0 Å². The lowest BCUT2D eigenvalue weighted by atomic mass is 10.1. The summed E-state index contributed by atoms with van der Waals surface area (Å²) in [6, 6.07) is 0. The first-order valence-electron chi connectivity index (χ1n) is 8.07. The zero-order valence-corrected chi connectivity index (χ0v) is 14.2. The highest BCUT2D eigenvalue weighted by Crippen LogP contribution is 2.44. The average molecular weight is 334 g/mol. The molecule has 0 aromatic carbocycles. The van der Waals surface area contributed by atoms with Crippen molar-refractivity contribution in [2.24, 2.45) is 0 Å². The molecule has 0 saturated carbocycles. The molecule has 4 heterocycles. The molecule has 4 rings (SSSR count). The van der Waals surface area contributed by atoms with E-state index in [0.29, 0.717) is 0 Å². The van der Waals surface area contributed by atoms with E-state index in [-0.39, 0.29) is 18.8 Å². The number of rotatable bonds is 3. The third-order valence-electron chi connectivity index (χ3n) is 4.62. The first-order valence-corrected chi connectivity index (χ1v) is 8.07. The second-order valence-electron chi connectivity index (χ2n) is 6.70. The topological polar surface area (TPSA) is 90.7 Å². The maximum Gasteiger partial charge on any atom is 0.164 e. The Morgan fingerprint density at radius 3 is 2.75 bits per heavy atom. The van der Waals surface area contributed by atoms with Crippen molar-refractivity contribution < 1.29 is 19.3 Å². The van der Waals surface area contributed by atoms with Gasteiger partial charge in [0.1, 0.15) is 36.1 Å². The predicted octanol–water partition coefficient (Wildman–Crippen LogP) is 1.19. The minimum Gasteiger partial charge on any atom is -0.394 e. The van der Waals surface area contributed by atoms with Crippen LogP contribution in [-0.4, -0.2) is 57.4 Å². The quantitative estimate of drug-likeness (QED) is 0.871. The van der Waals surface area contributed by atoms with Crippen molar-refractivity contribution in [2.45, 2.75) is 51.1 Å². The van der Waals surface area contributed by atoms with Crippen LogP contribution < -0.4 is 5.32 Å². The van der Waals surface area contributed by atoms with Crippen LogP contribution in [0.4, 0.5) is 5.82 Å². The van der Waals surface area contributed by atoms with E-state index in [1.165, 1.54) is 6.33 Å². The molecule has 0 spiro atoms. The number of nitrogens with zero attached hydrogens (tertiary/aromatic N) is 3. The molecule has 2 N–H and O–H groups in total. The molecule has 2 aliphatic heterocycles. The molecule has 2 aromatic rings. The first kappa shape index (κ1) is 15.8. The fraction of sp³-hybridized carbons (Fsp3) is 0.625. The van der Waals surface area contributed by atoms with Crippen LogP contribution in [0.3, 0.4) is 0 Å². The van der Waals surface area contributed by atoms with E-state index in [4.69, 9.17) is 14.2 Å². The molecule has 0 aliphatic carbocycles. The summed E-state index contributed by atoms with van der Waals surface area (Å²) in [4.78, 5) is 8.70. The average Bonchev–Trinajstić information content (AvgIpc) is 3.16. The van der Waals surface area contributed by atoms with Gasteiger partial charge in [-0.25, -0.2) is 9.97 Å². The summed E-state index contributed by atoms with van der Waals surface area (Å²) in [6.45, 7) is 5.63. The van der Waals surface area contributed by atoms with E-state index in [9.17, 15) is 5.11 Å². The Morgan fingerprint density at radius 2 is 2.04 bits per heavy atom. The summed E-state index contributed by atoms with van der Waals surface area (Å²) in [6.07, 6.45) is 2.06. The second-order valence-corrected chi connectivity index (χ2v) is 6.70. The number of fused-ring (bicyclic) bond motifs is 2. The van der Waals surface area contributed by atoms with Crippen LogP contribution in [0.15, 0.2) is 12.5 Å². The summed E-state index contributed by atoms with van der Waals surface area (Å²) in [5.41, 5.74) is 1.81. The van der Waals surface area contributed by atoms with Crippen LogP contribution in [0.25, 0.3) is 11.0 Å². The SMILES string of the molecule is CNc1ncnc2c1c(C)cn2[C@@H]1O[C@H](CO)[C@H]2OC(C)(C)O[C@H]21. The number of anilines is 1. The van der Waals surface area contributed by atoms with Crippen molar-refractivity contribution in [3.8, 4) is 0 Å². The third kappa shape index (κ3) is 2.21. The lowest BCUT2D eigenvalue weighted by Crippen LogP contribution is -2.31. The van der Waals surface area contributed by atoms with E-state index < -0.39 is 18.1 Å². The van der Waals surface area contributed by atoms with Crippen LogP contribution in [0, 0.1) is 6.92 Å². The smallest absolute Gasteiger partial charge is 0.164 e. The Bertz CT molecular complexity index is 775. The normalized spacial score (nSPS) is 31.5. The van der Waals surface area contributed by atoms with E-state index in [2.05, 4.69) is 15.3 Å². The number of aliphatic hydroxyl groups excluding tert-OH is 1. The van der Waals surface area contributed by atoms with Crippen molar-refractivity contribution in [1.82, 2.24) is 14.5 Å². The summed E-state index contributed by atoms with van der Waals surface area (Å²) in [5, 5.41) is 13.7. The summed E-state index contributed by atoms with van der Waals surface area (Å²) in [7, 11) is 1.83. The molecular weight excluding hydrogens is 312 g/mol. The molecule has 4 atom stereocenters. The highest BCUT2D eigenvalue weighted by atomic mass is 16.8. The van der Waals surface area contributed by atoms with Crippen LogP contribution in [0.1, 0.15) is 25.6 Å². The zero-order valence-electron chi connectivity index (χ0n) is 14.2. The molecule has 0 radical (unpaired) electrons. The van der Waals surface area contributed by atoms with Gasteiger partial charge in [0.25, 0.3) is 0 Å². The van der Waals surface area contributed by atoms with Gasteiger partial charge >= 0.3 is 0 Å². The largest absolute Gasteiger partial charge is 0.394 e. The molecule has 2 aromatic heterocycles. The molecule has 2 fully saturated rings. The number of ether oxygens (including phenoxy) is 3. The lowest BCUT2D eigenvalue weighted by molar-refractivity contribution is -0.199. The predicted molar refractivity (Wildman–Crippen MR) is 86.6 cm³/mol. The van der Waals surface area contributed by atoms with Gasteiger partial charge in [-0.3, -0.25) is 0 Å². The molecule has 2 saturated heterocycles. The van der Waals surface area contributed by atoms with Crippen molar-refractivity contribution in [3.05, 3.63) is 18.1 Å². The summed E-state index contributed by atoms with van der Waals surface area (Å²) >= 11 is 0. The van der Waals surface area contributed by atoms with Crippen molar-refractivity contribution >= 4 is 16.9 Å². The Kier molecular flexibility index (Phi) is 3.54. The minimum atomic E-state index is -0.700. The van der Waals surface area contributed by atoms with Crippen molar-refractivity contribution in [3.63, 3.8) is 0 Å². The Morgan fingerprint density at radius 1 is 1.29 bits per heavy atom. The number of hydrogen-bond donors (Lipinski definition) is 2. The zero-order chi connectivity index (χ0) is 17.1. The van der Waals surface area contributed by atoms with Gasteiger partial charge in [0.05, 0.1) is 12.0 Å². The van der Waals surface area contributed by atoms with Gasteiger partial charge in [-0.1, -0.05) is 0 Å². The molecule has 8 nitrogen and oxygen atoms in total. The maximum absolute atomic E-state index is 9.64. The van der Waals surface area contributed by atoms with Crippen LogP contribution in [-0.2, 0) is 14.2 Å². The summed E-state index contributed by atoms with van der Waals surface area (Å²) < 4.78 is 20.0. The van der Waals surface area contributed by atoms with E-state index in [1.807, 2.05) is 38.6 Å². The maximum atomic E-state index is 9.64. The number of hydrogen-bond acceptors (Lipinski definition) is 7. The van der Waals surface area contributed by atoms with Gasteiger partial charge in [-0.2, -0.15) is 0 Å². The van der Waals surface area contributed by atoms with Crippen molar-refractivity contribution in [2.75, 3.05) is 19.0 Å². The third-order valence-corrected chi connectivity index (χ3v) is 4.62. The lowest BCUT2D eigenvalue weighted by Gasteiger charge is -2.24. The minimum absolute atomic E-state index is 0.119. The highest BCUT2D eigenvalue weighted by molar-refractivity contribution is 5.90. The van der Waals surface area contributed by atoms with Crippen LogP contribution >= 0.6 is 0 Å². The molecule has 130 valence electrons. The van der Waals surface area contributed by atoms with E-state index in [0.717, 1.165) is 22.4 Å². The van der Waals surface area contributed by atoms with Gasteiger partial charge in [-0.15, -0.1) is 0 Å². The molecule has 0 amide bonds. The van der Waals surface area contributed by atoms with Gasteiger partial charge < -0.3 is 29.2 Å². The molecule has 2 aliphatic rings. The fourth-order valence-corrected chi connectivity index (χ4v) is 3.68. The summed E-state index contributed by atoms with van der Waals surface area (Å²) in [5.74, 6) is 0.0712. The Balaban J connectivity index is 1.80. The molecule has 8 heteroatoms. The molecular formula is C16H22N4O4. The molecule has 0 bridgehead atoms.